The lowest BCUT2D eigenvalue weighted by Crippen LogP contribution is -2.13. The third-order valence-electron chi connectivity index (χ3n) is 2.80. The summed E-state index contributed by atoms with van der Waals surface area (Å²) in [7, 11) is 0. The van der Waals surface area contributed by atoms with E-state index in [4.69, 9.17) is 5.11 Å². The molecule has 2 aromatic carbocycles. The maximum atomic E-state index is 12.2. The zero-order valence-corrected chi connectivity index (χ0v) is 12.1. The van der Waals surface area contributed by atoms with E-state index >= 15 is 0 Å². The summed E-state index contributed by atoms with van der Waals surface area (Å²) in [6.45, 7) is 1.89. The summed E-state index contributed by atoms with van der Waals surface area (Å²) in [6.07, 6.45) is 0. The molecule has 2 aromatic rings. The van der Waals surface area contributed by atoms with Crippen LogP contribution in [-0.4, -0.2) is 11.0 Å². The highest BCUT2D eigenvalue weighted by atomic mass is 79.9. The first-order valence-corrected chi connectivity index (χ1v) is 6.67. The maximum absolute atomic E-state index is 12.2. The van der Waals surface area contributed by atoms with Gasteiger partial charge in [0.15, 0.2) is 0 Å². The third kappa shape index (κ3) is 3.22. The van der Waals surface area contributed by atoms with Crippen molar-refractivity contribution in [2.24, 2.45) is 0 Å². The molecule has 0 aliphatic heterocycles. The zero-order chi connectivity index (χ0) is 13.8. The van der Waals surface area contributed by atoms with Crippen LogP contribution in [0.2, 0.25) is 0 Å². The quantitative estimate of drug-likeness (QED) is 0.909. The van der Waals surface area contributed by atoms with E-state index in [1.807, 2.05) is 19.1 Å². The first-order valence-electron chi connectivity index (χ1n) is 5.88. The van der Waals surface area contributed by atoms with Crippen LogP contribution in [0, 0.1) is 6.92 Å². The first kappa shape index (κ1) is 13.8. The van der Waals surface area contributed by atoms with Gasteiger partial charge in [0.05, 0.1) is 12.2 Å². The van der Waals surface area contributed by atoms with E-state index in [-0.39, 0.29) is 12.5 Å². The van der Waals surface area contributed by atoms with Crippen molar-refractivity contribution in [3.8, 4) is 0 Å². The predicted octanol–water partition coefficient (Wildman–Crippen LogP) is 3.50. The minimum Gasteiger partial charge on any atom is -0.392 e. The van der Waals surface area contributed by atoms with Crippen molar-refractivity contribution in [1.29, 1.82) is 0 Å². The van der Waals surface area contributed by atoms with Gasteiger partial charge in [0.2, 0.25) is 0 Å². The molecule has 0 fully saturated rings. The summed E-state index contributed by atoms with van der Waals surface area (Å²) < 4.78 is 0.797. The second-order valence-electron chi connectivity index (χ2n) is 4.25. The second-order valence-corrected chi connectivity index (χ2v) is 5.04. The summed E-state index contributed by atoms with van der Waals surface area (Å²) in [4.78, 5) is 12.2. The number of hydrogen-bond donors (Lipinski definition) is 2. The van der Waals surface area contributed by atoms with Gasteiger partial charge in [-0.1, -0.05) is 24.3 Å². The van der Waals surface area contributed by atoms with Gasteiger partial charge in [-0.05, 0) is 52.2 Å². The van der Waals surface area contributed by atoms with Crippen molar-refractivity contribution in [1.82, 2.24) is 0 Å². The monoisotopic (exact) mass is 319 g/mol. The van der Waals surface area contributed by atoms with E-state index in [9.17, 15) is 4.79 Å². The molecule has 19 heavy (non-hydrogen) atoms. The van der Waals surface area contributed by atoms with Crippen molar-refractivity contribution in [2.45, 2.75) is 13.5 Å². The number of halogens is 1. The Kier molecular flexibility index (Phi) is 4.35. The summed E-state index contributed by atoms with van der Waals surface area (Å²) in [5, 5.41) is 11.9. The number of anilines is 1. The van der Waals surface area contributed by atoms with Crippen LogP contribution in [0.15, 0.2) is 46.9 Å². The number of nitrogens with one attached hydrogen (secondary N) is 1. The molecule has 2 N–H and O–H groups in total. The molecule has 0 radical (unpaired) electrons. The van der Waals surface area contributed by atoms with Gasteiger partial charge in [0.1, 0.15) is 0 Å². The lowest BCUT2D eigenvalue weighted by atomic mass is 10.1. The van der Waals surface area contributed by atoms with Gasteiger partial charge in [0, 0.05) is 10.2 Å². The number of aliphatic hydroxyl groups is 1. The van der Waals surface area contributed by atoms with E-state index in [2.05, 4.69) is 21.2 Å². The van der Waals surface area contributed by atoms with Crippen LogP contribution in [0.3, 0.4) is 0 Å². The Morgan fingerprint density at radius 3 is 2.74 bits per heavy atom. The van der Waals surface area contributed by atoms with Crippen LogP contribution >= 0.6 is 15.9 Å². The predicted molar refractivity (Wildman–Crippen MR) is 79.2 cm³/mol. The topological polar surface area (TPSA) is 49.3 Å². The fraction of sp³-hybridized carbons (Fsp3) is 0.133. The van der Waals surface area contributed by atoms with Gasteiger partial charge >= 0.3 is 0 Å². The normalized spacial score (nSPS) is 10.3. The number of aryl methyl sites for hydroxylation is 1. The van der Waals surface area contributed by atoms with Gasteiger partial charge in [-0.2, -0.15) is 0 Å². The Bertz CT molecular complexity index is 611. The van der Waals surface area contributed by atoms with E-state index < -0.39 is 0 Å². The third-order valence-corrected chi connectivity index (χ3v) is 3.86. The Balaban J connectivity index is 2.23. The zero-order valence-electron chi connectivity index (χ0n) is 10.5. The van der Waals surface area contributed by atoms with Crippen molar-refractivity contribution in [2.75, 3.05) is 5.32 Å². The maximum Gasteiger partial charge on any atom is 0.256 e. The molecule has 0 saturated heterocycles. The molecular formula is C15H14BrNO2. The number of benzene rings is 2. The molecule has 0 atom stereocenters. The molecule has 0 spiro atoms. The minimum absolute atomic E-state index is 0.0438. The molecule has 0 bridgehead atoms. The number of amides is 1. The molecule has 98 valence electrons. The molecule has 3 nitrogen and oxygen atoms in total. The average molecular weight is 320 g/mol. The molecular weight excluding hydrogens is 306 g/mol. The van der Waals surface area contributed by atoms with E-state index in [0.29, 0.717) is 11.3 Å². The number of carbonyl (C=O) groups excluding carboxylic acids is 1. The SMILES string of the molecule is Cc1cccc(C(=O)Nc2cccc(CO)c2)c1Br. The highest BCUT2D eigenvalue weighted by Crippen LogP contribution is 2.22. The molecule has 0 aromatic heterocycles. The lowest BCUT2D eigenvalue weighted by molar-refractivity contribution is 0.102. The summed E-state index contributed by atoms with van der Waals surface area (Å²) >= 11 is 3.42. The molecule has 2 rings (SSSR count). The van der Waals surface area contributed by atoms with Crippen molar-refractivity contribution in [3.05, 3.63) is 63.6 Å². The second kappa shape index (κ2) is 5.99. The number of rotatable bonds is 3. The molecule has 0 heterocycles. The van der Waals surface area contributed by atoms with Crippen LogP contribution in [0.5, 0.6) is 0 Å². The largest absolute Gasteiger partial charge is 0.392 e. The highest BCUT2D eigenvalue weighted by molar-refractivity contribution is 9.10. The molecule has 0 unspecified atom stereocenters. The highest BCUT2D eigenvalue weighted by Gasteiger charge is 2.11. The van der Waals surface area contributed by atoms with E-state index in [1.165, 1.54) is 0 Å². The summed E-state index contributed by atoms with van der Waals surface area (Å²) in [5.41, 5.74) is 3.04. The average Bonchev–Trinajstić information content (AvgIpc) is 2.42. The standard InChI is InChI=1S/C15H14BrNO2/c1-10-4-2-7-13(14(10)16)15(19)17-12-6-3-5-11(8-12)9-18/h2-8,18H,9H2,1H3,(H,17,19). The van der Waals surface area contributed by atoms with E-state index in [1.54, 1.807) is 30.3 Å². The molecule has 4 heteroatoms. The van der Waals surface area contributed by atoms with Gasteiger partial charge in [-0.15, -0.1) is 0 Å². The number of hydrogen-bond acceptors (Lipinski definition) is 2. The van der Waals surface area contributed by atoms with Crippen molar-refractivity contribution < 1.29 is 9.90 Å². The Morgan fingerprint density at radius 2 is 2.00 bits per heavy atom. The van der Waals surface area contributed by atoms with Crippen LogP contribution < -0.4 is 5.32 Å². The van der Waals surface area contributed by atoms with Crippen molar-refractivity contribution >= 4 is 27.5 Å². The van der Waals surface area contributed by atoms with Gasteiger partial charge in [0.25, 0.3) is 5.91 Å². The molecule has 1 amide bonds. The van der Waals surface area contributed by atoms with Gasteiger partial charge in [-0.3, -0.25) is 4.79 Å². The fourth-order valence-corrected chi connectivity index (χ4v) is 2.21. The summed E-state index contributed by atoms with van der Waals surface area (Å²) in [5.74, 6) is -0.175. The van der Waals surface area contributed by atoms with Gasteiger partial charge < -0.3 is 10.4 Å². The molecule has 0 aliphatic carbocycles. The Morgan fingerprint density at radius 1 is 1.26 bits per heavy atom. The minimum atomic E-state index is -0.175. The van der Waals surface area contributed by atoms with Crippen LogP contribution in [-0.2, 0) is 6.61 Å². The van der Waals surface area contributed by atoms with Crippen LogP contribution in [0.4, 0.5) is 5.69 Å². The summed E-state index contributed by atoms with van der Waals surface area (Å²) in [6, 6.07) is 12.7. The Labute approximate surface area is 120 Å². The first-order chi connectivity index (χ1) is 9.11. The lowest BCUT2D eigenvalue weighted by Gasteiger charge is -2.09. The number of aliphatic hydroxyl groups excluding tert-OH is 1. The van der Waals surface area contributed by atoms with Crippen molar-refractivity contribution in [3.63, 3.8) is 0 Å². The van der Waals surface area contributed by atoms with E-state index in [0.717, 1.165) is 15.6 Å². The van der Waals surface area contributed by atoms with Crippen LogP contribution in [0.1, 0.15) is 21.5 Å². The molecule has 0 aliphatic rings. The number of carbonyl (C=O) groups is 1. The van der Waals surface area contributed by atoms with Crippen LogP contribution in [0.25, 0.3) is 0 Å². The Hall–Kier alpha value is -1.65. The fourth-order valence-electron chi connectivity index (χ4n) is 1.77. The van der Waals surface area contributed by atoms with Gasteiger partial charge in [-0.25, -0.2) is 0 Å². The molecule has 0 saturated carbocycles. The smallest absolute Gasteiger partial charge is 0.256 e.